The summed E-state index contributed by atoms with van der Waals surface area (Å²) in [4.78, 5) is 12.5. The Kier molecular flexibility index (Phi) is 6.46. The van der Waals surface area contributed by atoms with Gasteiger partial charge in [0.25, 0.3) is 0 Å². The van der Waals surface area contributed by atoms with E-state index in [-0.39, 0.29) is 23.0 Å². The van der Waals surface area contributed by atoms with Gasteiger partial charge in [0.05, 0.1) is 17.7 Å². The highest BCUT2D eigenvalue weighted by Crippen LogP contribution is 2.29. The molecule has 154 valence electrons. The second-order valence-corrected chi connectivity index (χ2v) is 8.56. The molecule has 1 amide bonds. The fourth-order valence-corrected chi connectivity index (χ4v) is 4.72. The van der Waals surface area contributed by atoms with E-state index in [0.29, 0.717) is 18.8 Å². The van der Waals surface area contributed by atoms with E-state index >= 15 is 0 Å². The van der Waals surface area contributed by atoms with E-state index in [9.17, 15) is 13.2 Å². The van der Waals surface area contributed by atoms with E-state index in [1.807, 2.05) is 6.07 Å². The molecule has 1 fully saturated rings. The molecule has 29 heavy (non-hydrogen) atoms. The van der Waals surface area contributed by atoms with Gasteiger partial charge in [0.2, 0.25) is 21.8 Å². The molecule has 1 N–H and O–H groups in total. The van der Waals surface area contributed by atoms with Crippen LogP contribution in [0.25, 0.3) is 0 Å². The number of ether oxygens (including phenoxy) is 1. The Hall–Kier alpha value is -2.97. The summed E-state index contributed by atoms with van der Waals surface area (Å²) in [5, 5.41) is 18.8. The minimum Gasteiger partial charge on any atom is -0.495 e. The van der Waals surface area contributed by atoms with E-state index in [4.69, 9.17) is 10.00 Å². The van der Waals surface area contributed by atoms with Crippen LogP contribution in [0, 0.1) is 11.3 Å². The summed E-state index contributed by atoms with van der Waals surface area (Å²) < 4.78 is 34.1. The van der Waals surface area contributed by atoms with Crippen LogP contribution in [0.4, 0.5) is 5.69 Å². The fourth-order valence-electron chi connectivity index (χ4n) is 3.18. The molecule has 0 unspecified atom stereocenters. The zero-order chi connectivity index (χ0) is 20.9. The predicted molar refractivity (Wildman–Crippen MR) is 104 cm³/mol. The normalized spacial score (nSPS) is 15.3. The molecule has 0 atom stereocenters. The summed E-state index contributed by atoms with van der Waals surface area (Å²) >= 11 is 0. The largest absolute Gasteiger partial charge is 0.495 e. The van der Waals surface area contributed by atoms with Gasteiger partial charge in [-0.3, -0.25) is 9.36 Å². The van der Waals surface area contributed by atoms with E-state index in [0.717, 1.165) is 25.7 Å². The van der Waals surface area contributed by atoms with Gasteiger partial charge >= 0.3 is 0 Å². The third-order valence-corrected chi connectivity index (χ3v) is 6.57. The standard InChI is InChI=1S/C18H22N6O4S/c1-28-16-7-6-14(29(26,27)24-8-4-2-3-5-9-24)10-15(16)21-18(25)12-23-13-20-22-17(23)11-19/h6-7,10,13H,2-5,8-9,12H2,1H3,(H,21,25). The van der Waals surface area contributed by atoms with Gasteiger partial charge in [-0.2, -0.15) is 9.57 Å². The Morgan fingerprint density at radius 3 is 2.66 bits per heavy atom. The summed E-state index contributed by atoms with van der Waals surface area (Å²) in [6.07, 6.45) is 4.97. The minimum absolute atomic E-state index is 0.00427. The average Bonchev–Trinajstić information content (AvgIpc) is 2.97. The number of rotatable bonds is 6. The van der Waals surface area contributed by atoms with Crippen molar-refractivity contribution in [2.75, 3.05) is 25.5 Å². The number of carbonyl (C=O) groups is 1. The van der Waals surface area contributed by atoms with Crippen molar-refractivity contribution in [2.24, 2.45) is 0 Å². The summed E-state index contributed by atoms with van der Waals surface area (Å²) in [5.74, 6) is -0.133. The van der Waals surface area contributed by atoms with Crippen LogP contribution in [0.2, 0.25) is 0 Å². The van der Waals surface area contributed by atoms with Crippen LogP contribution in [-0.2, 0) is 21.4 Å². The number of hydrogen-bond acceptors (Lipinski definition) is 7. The Balaban J connectivity index is 1.83. The van der Waals surface area contributed by atoms with E-state index < -0.39 is 15.9 Å². The lowest BCUT2D eigenvalue weighted by Crippen LogP contribution is -2.32. The molecule has 1 aliphatic heterocycles. The Morgan fingerprint density at radius 1 is 1.28 bits per heavy atom. The molecule has 1 aromatic carbocycles. The number of carbonyl (C=O) groups excluding carboxylic acids is 1. The number of hydrogen-bond donors (Lipinski definition) is 1. The van der Waals surface area contributed by atoms with Gasteiger partial charge in [0.1, 0.15) is 24.7 Å². The van der Waals surface area contributed by atoms with Crippen molar-refractivity contribution in [3.05, 3.63) is 30.4 Å². The van der Waals surface area contributed by atoms with Crippen LogP contribution in [-0.4, -0.2) is 53.6 Å². The van der Waals surface area contributed by atoms with Crippen LogP contribution in [0.1, 0.15) is 31.5 Å². The molecule has 1 aromatic heterocycles. The SMILES string of the molecule is COc1ccc(S(=O)(=O)N2CCCCCC2)cc1NC(=O)Cn1cnnc1C#N. The Labute approximate surface area is 169 Å². The molecule has 0 spiro atoms. The zero-order valence-electron chi connectivity index (χ0n) is 16.0. The molecule has 2 heterocycles. The highest BCUT2D eigenvalue weighted by Gasteiger charge is 2.26. The first-order valence-electron chi connectivity index (χ1n) is 9.21. The van der Waals surface area contributed by atoms with Crippen molar-refractivity contribution >= 4 is 21.6 Å². The fraction of sp³-hybridized carbons (Fsp3) is 0.444. The predicted octanol–water partition coefficient (Wildman–Crippen LogP) is 1.36. The monoisotopic (exact) mass is 418 g/mol. The molecule has 1 saturated heterocycles. The van der Waals surface area contributed by atoms with Crippen LogP contribution in [0.3, 0.4) is 0 Å². The number of sulfonamides is 1. The summed E-state index contributed by atoms with van der Waals surface area (Å²) in [6, 6.07) is 6.22. The maximum Gasteiger partial charge on any atom is 0.244 e. The van der Waals surface area contributed by atoms with Crippen molar-refractivity contribution in [2.45, 2.75) is 37.1 Å². The molecule has 0 radical (unpaired) electrons. The third-order valence-electron chi connectivity index (χ3n) is 4.68. The van der Waals surface area contributed by atoms with Crippen molar-refractivity contribution in [1.82, 2.24) is 19.1 Å². The molecular formula is C18H22N6O4S. The van der Waals surface area contributed by atoms with Gasteiger partial charge in [0.15, 0.2) is 0 Å². The van der Waals surface area contributed by atoms with Crippen LogP contribution >= 0.6 is 0 Å². The quantitative estimate of drug-likeness (QED) is 0.749. The first-order chi connectivity index (χ1) is 14.0. The maximum absolute atomic E-state index is 13.0. The second-order valence-electron chi connectivity index (χ2n) is 6.62. The molecule has 11 heteroatoms. The molecule has 2 aromatic rings. The number of aromatic nitrogens is 3. The summed E-state index contributed by atoms with van der Waals surface area (Å²) in [6.45, 7) is 0.781. The lowest BCUT2D eigenvalue weighted by atomic mass is 10.2. The number of nitriles is 1. The number of benzene rings is 1. The zero-order valence-corrected chi connectivity index (χ0v) is 16.9. The Morgan fingerprint density at radius 2 is 2.00 bits per heavy atom. The van der Waals surface area contributed by atoms with Crippen LogP contribution < -0.4 is 10.1 Å². The number of nitrogens with one attached hydrogen (secondary N) is 1. The summed E-state index contributed by atoms with van der Waals surface area (Å²) in [5.41, 5.74) is 0.236. The van der Waals surface area contributed by atoms with E-state index in [1.165, 1.54) is 40.5 Å². The van der Waals surface area contributed by atoms with Crippen LogP contribution in [0.5, 0.6) is 5.75 Å². The van der Waals surface area contributed by atoms with Gasteiger partial charge in [-0.05, 0) is 31.0 Å². The molecule has 0 saturated carbocycles. The summed E-state index contributed by atoms with van der Waals surface area (Å²) in [7, 11) is -2.24. The molecular weight excluding hydrogens is 396 g/mol. The first kappa shape index (κ1) is 20.8. The highest BCUT2D eigenvalue weighted by molar-refractivity contribution is 7.89. The third kappa shape index (κ3) is 4.72. The lowest BCUT2D eigenvalue weighted by Gasteiger charge is -2.21. The second kappa shape index (κ2) is 9.02. The van der Waals surface area contributed by atoms with Gasteiger partial charge in [-0.15, -0.1) is 10.2 Å². The van der Waals surface area contributed by atoms with Gasteiger partial charge in [-0.25, -0.2) is 8.42 Å². The van der Waals surface area contributed by atoms with Crippen molar-refractivity contribution in [1.29, 1.82) is 5.26 Å². The average molecular weight is 418 g/mol. The molecule has 10 nitrogen and oxygen atoms in total. The van der Waals surface area contributed by atoms with Gasteiger partial charge < -0.3 is 10.1 Å². The molecule has 1 aliphatic rings. The van der Waals surface area contributed by atoms with Crippen molar-refractivity contribution in [3.63, 3.8) is 0 Å². The van der Waals surface area contributed by atoms with Crippen molar-refractivity contribution < 1.29 is 17.9 Å². The number of nitrogens with zero attached hydrogens (tertiary/aromatic N) is 5. The van der Waals surface area contributed by atoms with E-state index in [2.05, 4.69) is 15.5 Å². The van der Waals surface area contributed by atoms with Crippen molar-refractivity contribution in [3.8, 4) is 11.8 Å². The maximum atomic E-state index is 13.0. The highest BCUT2D eigenvalue weighted by atomic mass is 32.2. The Bertz CT molecular complexity index is 1020. The number of amides is 1. The van der Waals surface area contributed by atoms with Gasteiger partial charge in [-0.1, -0.05) is 12.8 Å². The molecule has 3 rings (SSSR count). The lowest BCUT2D eigenvalue weighted by molar-refractivity contribution is -0.116. The van der Waals surface area contributed by atoms with Crippen LogP contribution in [0.15, 0.2) is 29.4 Å². The minimum atomic E-state index is -3.67. The van der Waals surface area contributed by atoms with Gasteiger partial charge in [0, 0.05) is 13.1 Å². The number of methoxy groups -OCH3 is 1. The molecule has 0 aliphatic carbocycles. The number of anilines is 1. The topological polar surface area (TPSA) is 130 Å². The smallest absolute Gasteiger partial charge is 0.244 e. The van der Waals surface area contributed by atoms with E-state index in [1.54, 1.807) is 0 Å². The molecule has 0 bridgehead atoms. The first-order valence-corrected chi connectivity index (χ1v) is 10.7.